The molecule has 0 aromatic carbocycles. The summed E-state index contributed by atoms with van der Waals surface area (Å²) in [4.78, 5) is 5.51. The van der Waals surface area contributed by atoms with Crippen LogP contribution in [0.4, 0.5) is 19.0 Å². The SMILES string of the molecule is CCCc1cc(CNC2CC2)cc(N(C)CC(F)(F)F)n1. The van der Waals surface area contributed by atoms with Gasteiger partial charge in [0.05, 0.1) is 0 Å². The lowest BCUT2D eigenvalue weighted by Gasteiger charge is -2.21. The van der Waals surface area contributed by atoms with Crippen LogP contribution in [0.3, 0.4) is 0 Å². The summed E-state index contributed by atoms with van der Waals surface area (Å²) in [5.74, 6) is 0.394. The molecule has 2 rings (SSSR count). The average molecular weight is 301 g/mol. The van der Waals surface area contributed by atoms with Crippen LogP contribution in [0, 0.1) is 0 Å². The summed E-state index contributed by atoms with van der Waals surface area (Å²) in [6, 6.07) is 4.31. The Morgan fingerprint density at radius 1 is 1.33 bits per heavy atom. The predicted octanol–water partition coefficient (Wildman–Crippen LogP) is 3.28. The molecule has 1 saturated carbocycles. The zero-order chi connectivity index (χ0) is 15.5. The Kier molecular flexibility index (Phi) is 5.08. The van der Waals surface area contributed by atoms with Gasteiger partial charge in [-0.1, -0.05) is 13.3 Å². The van der Waals surface area contributed by atoms with Crippen LogP contribution in [0.15, 0.2) is 12.1 Å². The Morgan fingerprint density at radius 2 is 2.05 bits per heavy atom. The number of aryl methyl sites for hydroxylation is 1. The van der Waals surface area contributed by atoms with Gasteiger partial charge in [-0.2, -0.15) is 13.2 Å². The molecule has 1 aromatic rings. The summed E-state index contributed by atoms with van der Waals surface area (Å²) in [5.41, 5.74) is 1.86. The summed E-state index contributed by atoms with van der Waals surface area (Å²) in [7, 11) is 1.43. The van der Waals surface area contributed by atoms with E-state index in [1.54, 1.807) is 6.07 Å². The third kappa shape index (κ3) is 5.53. The van der Waals surface area contributed by atoms with Crippen LogP contribution in [0.2, 0.25) is 0 Å². The fourth-order valence-corrected chi connectivity index (χ4v) is 2.21. The molecule has 0 bridgehead atoms. The van der Waals surface area contributed by atoms with Crippen molar-refractivity contribution in [3.05, 3.63) is 23.4 Å². The van der Waals surface area contributed by atoms with Gasteiger partial charge >= 0.3 is 6.18 Å². The van der Waals surface area contributed by atoms with E-state index in [2.05, 4.69) is 10.3 Å². The molecule has 0 atom stereocenters. The van der Waals surface area contributed by atoms with Crippen LogP contribution in [0.25, 0.3) is 0 Å². The Balaban J connectivity index is 2.12. The van der Waals surface area contributed by atoms with Gasteiger partial charge in [0.25, 0.3) is 0 Å². The Hall–Kier alpha value is -1.30. The maximum absolute atomic E-state index is 12.5. The topological polar surface area (TPSA) is 28.2 Å². The molecule has 0 saturated heterocycles. The summed E-state index contributed by atoms with van der Waals surface area (Å²) in [6.07, 6.45) is -0.135. The van der Waals surface area contributed by atoms with Crippen molar-refractivity contribution < 1.29 is 13.2 Å². The monoisotopic (exact) mass is 301 g/mol. The molecule has 0 unspecified atom stereocenters. The van der Waals surface area contributed by atoms with E-state index in [1.165, 1.54) is 24.8 Å². The molecule has 1 aliphatic rings. The molecule has 1 heterocycles. The van der Waals surface area contributed by atoms with E-state index in [4.69, 9.17) is 0 Å². The zero-order valence-electron chi connectivity index (χ0n) is 12.5. The highest BCUT2D eigenvalue weighted by Crippen LogP contribution is 2.23. The lowest BCUT2D eigenvalue weighted by Crippen LogP contribution is -2.31. The number of alkyl halides is 3. The number of aromatic nitrogens is 1. The smallest absolute Gasteiger partial charge is 0.351 e. The van der Waals surface area contributed by atoms with Crippen molar-refractivity contribution in [2.45, 2.75) is 51.4 Å². The van der Waals surface area contributed by atoms with Crippen molar-refractivity contribution in [2.75, 3.05) is 18.5 Å². The quantitative estimate of drug-likeness (QED) is 0.837. The van der Waals surface area contributed by atoms with E-state index in [0.717, 1.165) is 24.1 Å². The number of nitrogens with zero attached hydrogens (tertiary/aromatic N) is 2. The summed E-state index contributed by atoms with van der Waals surface area (Å²) in [6.45, 7) is 1.75. The van der Waals surface area contributed by atoms with Crippen LogP contribution in [-0.4, -0.2) is 30.8 Å². The van der Waals surface area contributed by atoms with Gasteiger partial charge < -0.3 is 10.2 Å². The maximum Gasteiger partial charge on any atom is 0.405 e. The molecular formula is C15H22F3N3. The van der Waals surface area contributed by atoms with Crippen molar-refractivity contribution >= 4 is 5.82 Å². The normalized spacial score (nSPS) is 15.3. The standard InChI is InChI=1S/C15H22F3N3/c1-3-4-13-7-11(9-19-12-5-6-12)8-14(20-13)21(2)10-15(16,17)18/h7-8,12,19H,3-6,9-10H2,1-2H3. The molecule has 3 nitrogen and oxygen atoms in total. The predicted molar refractivity (Wildman–Crippen MR) is 77.4 cm³/mol. The molecule has 0 spiro atoms. The first-order chi connectivity index (χ1) is 9.87. The first kappa shape index (κ1) is 16.1. The zero-order valence-corrected chi connectivity index (χ0v) is 12.5. The van der Waals surface area contributed by atoms with E-state index >= 15 is 0 Å². The number of nitrogens with one attached hydrogen (secondary N) is 1. The van der Waals surface area contributed by atoms with Crippen molar-refractivity contribution in [3.63, 3.8) is 0 Å². The number of pyridine rings is 1. The molecule has 1 aromatic heterocycles. The summed E-state index contributed by atoms with van der Waals surface area (Å²) in [5, 5.41) is 3.39. The number of halogens is 3. The van der Waals surface area contributed by atoms with Crippen molar-refractivity contribution in [1.29, 1.82) is 0 Å². The van der Waals surface area contributed by atoms with Gasteiger partial charge in [0.15, 0.2) is 0 Å². The number of hydrogen-bond donors (Lipinski definition) is 1. The van der Waals surface area contributed by atoms with Crippen LogP contribution in [0.5, 0.6) is 0 Å². The first-order valence-corrected chi connectivity index (χ1v) is 7.38. The van der Waals surface area contributed by atoms with Crippen molar-refractivity contribution in [3.8, 4) is 0 Å². The van der Waals surface area contributed by atoms with Crippen LogP contribution in [-0.2, 0) is 13.0 Å². The fraction of sp³-hybridized carbons (Fsp3) is 0.667. The molecular weight excluding hydrogens is 279 g/mol. The molecule has 1 fully saturated rings. The molecule has 1 N–H and O–H groups in total. The third-order valence-electron chi connectivity index (χ3n) is 3.41. The second-order valence-electron chi connectivity index (χ2n) is 5.70. The lowest BCUT2D eigenvalue weighted by atomic mass is 10.1. The van der Waals surface area contributed by atoms with Gasteiger partial charge in [-0.3, -0.25) is 0 Å². The van der Waals surface area contributed by atoms with Gasteiger partial charge in [0.2, 0.25) is 0 Å². The van der Waals surface area contributed by atoms with Crippen molar-refractivity contribution in [1.82, 2.24) is 10.3 Å². The second kappa shape index (κ2) is 6.64. The number of rotatable bonds is 7. The highest BCUT2D eigenvalue weighted by molar-refractivity contribution is 5.42. The first-order valence-electron chi connectivity index (χ1n) is 7.38. The van der Waals surface area contributed by atoms with E-state index in [1.807, 2.05) is 13.0 Å². The molecule has 0 aliphatic heterocycles. The van der Waals surface area contributed by atoms with E-state index in [-0.39, 0.29) is 0 Å². The Bertz CT molecular complexity index is 470. The fourth-order valence-electron chi connectivity index (χ4n) is 2.21. The van der Waals surface area contributed by atoms with Gasteiger partial charge in [-0.25, -0.2) is 4.98 Å². The Morgan fingerprint density at radius 3 is 2.62 bits per heavy atom. The summed E-state index contributed by atoms with van der Waals surface area (Å²) < 4.78 is 37.6. The minimum Gasteiger partial charge on any atom is -0.351 e. The third-order valence-corrected chi connectivity index (χ3v) is 3.41. The minimum absolute atomic E-state index is 0.394. The maximum atomic E-state index is 12.5. The number of hydrogen-bond acceptors (Lipinski definition) is 3. The molecule has 1 aliphatic carbocycles. The lowest BCUT2D eigenvalue weighted by molar-refractivity contribution is -0.119. The minimum atomic E-state index is -4.22. The molecule has 0 radical (unpaired) electrons. The molecule has 118 valence electrons. The van der Waals surface area contributed by atoms with Gasteiger partial charge in [-0.15, -0.1) is 0 Å². The van der Waals surface area contributed by atoms with Gasteiger partial charge in [0, 0.05) is 25.3 Å². The molecule has 0 amide bonds. The van der Waals surface area contributed by atoms with E-state index in [0.29, 0.717) is 18.4 Å². The van der Waals surface area contributed by atoms with Gasteiger partial charge in [-0.05, 0) is 37.0 Å². The summed E-state index contributed by atoms with van der Waals surface area (Å²) >= 11 is 0. The van der Waals surface area contributed by atoms with Gasteiger partial charge in [0.1, 0.15) is 12.4 Å². The van der Waals surface area contributed by atoms with Crippen molar-refractivity contribution in [2.24, 2.45) is 0 Å². The van der Waals surface area contributed by atoms with Crippen LogP contribution >= 0.6 is 0 Å². The molecule has 6 heteroatoms. The van der Waals surface area contributed by atoms with E-state index in [9.17, 15) is 13.2 Å². The average Bonchev–Trinajstić information content (AvgIpc) is 3.18. The highest BCUT2D eigenvalue weighted by atomic mass is 19.4. The highest BCUT2D eigenvalue weighted by Gasteiger charge is 2.30. The largest absolute Gasteiger partial charge is 0.405 e. The molecule has 21 heavy (non-hydrogen) atoms. The van der Waals surface area contributed by atoms with Crippen LogP contribution < -0.4 is 10.2 Å². The van der Waals surface area contributed by atoms with Crippen LogP contribution in [0.1, 0.15) is 37.4 Å². The van der Waals surface area contributed by atoms with E-state index < -0.39 is 12.7 Å². The number of anilines is 1. The second-order valence-corrected chi connectivity index (χ2v) is 5.70. The Labute approximate surface area is 123 Å².